The highest BCUT2D eigenvalue weighted by molar-refractivity contribution is 6.30. The third-order valence-corrected chi connectivity index (χ3v) is 5.10. The van der Waals surface area contributed by atoms with Gasteiger partial charge in [-0.2, -0.15) is 4.98 Å². The van der Waals surface area contributed by atoms with Crippen LogP contribution in [0.5, 0.6) is 0 Å². The number of carbonyl (C=O) groups is 1. The Labute approximate surface area is 186 Å². The minimum absolute atomic E-state index is 0.0427. The van der Waals surface area contributed by atoms with Crippen LogP contribution in [0.2, 0.25) is 5.02 Å². The van der Waals surface area contributed by atoms with Gasteiger partial charge < -0.3 is 14.8 Å². The molecule has 2 N–H and O–H groups in total. The lowest BCUT2D eigenvalue weighted by atomic mass is 10.2. The number of carboxylic acid groups (broad SMARTS) is 1. The number of rotatable bonds is 7. The summed E-state index contributed by atoms with van der Waals surface area (Å²) < 4.78 is 7.68. The molecule has 0 bridgehead atoms. The number of hydrogen-bond donors (Lipinski definition) is 2. The first-order valence-electron chi connectivity index (χ1n) is 9.75. The van der Waals surface area contributed by atoms with Crippen LogP contribution in [0.15, 0.2) is 62.5 Å². The number of halogens is 1. The fourth-order valence-electron chi connectivity index (χ4n) is 3.32. The number of aromatic nitrogens is 3. The van der Waals surface area contributed by atoms with E-state index in [0.717, 1.165) is 21.3 Å². The van der Waals surface area contributed by atoms with Crippen LogP contribution >= 0.6 is 11.6 Å². The minimum Gasteiger partial charge on any atom is -0.481 e. The fourth-order valence-corrected chi connectivity index (χ4v) is 3.45. The van der Waals surface area contributed by atoms with Gasteiger partial charge in [-0.3, -0.25) is 9.36 Å². The highest BCUT2D eigenvalue weighted by Crippen LogP contribution is 2.24. The van der Waals surface area contributed by atoms with E-state index in [1.54, 1.807) is 36.4 Å². The van der Waals surface area contributed by atoms with Crippen LogP contribution in [0.1, 0.15) is 17.7 Å². The van der Waals surface area contributed by atoms with Crippen molar-refractivity contribution in [2.75, 3.05) is 5.32 Å². The van der Waals surface area contributed by atoms with Crippen molar-refractivity contribution in [1.29, 1.82) is 0 Å². The number of carboxylic acids is 1. The monoisotopic (exact) mass is 454 g/mol. The summed E-state index contributed by atoms with van der Waals surface area (Å²) in [6.07, 6.45) is -0.374. The van der Waals surface area contributed by atoms with Crippen molar-refractivity contribution >= 4 is 40.2 Å². The Balaban J connectivity index is 1.77. The molecule has 0 atom stereocenters. The number of hydrogen-bond acceptors (Lipinski definition) is 6. The summed E-state index contributed by atoms with van der Waals surface area (Å²) in [5.41, 5.74) is 0.586. The Hall–Kier alpha value is -3.85. The molecular formula is C22H19ClN4O5. The third kappa shape index (κ3) is 4.57. The summed E-state index contributed by atoms with van der Waals surface area (Å²) in [6, 6.07) is 14.1. The summed E-state index contributed by atoms with van der Waals surface area (Å²) in [7, 11) is 0. The topological polar surface area (TPSA) is 119 Å². The van der Waals surface area contributed by atoms with Crippen molar-refractivity contribution in [3.05, 3.63) is 85.8 Å². The maximum Gasteiger partial charge on any atom is 0.354 e. The number of aryl methyl sites for hydroxylation is 1. The van der Waals surface area contributed by atoms with Gasteiger partial charge in [-0.15, -0.1) is 0 Å². The van der Waals surface area contributed by atoms with E-state index in [-0.39, 0.29) is 25.5 Å². The molecule has 4 rings (SSSR count). The standard InChI is InChI=1S/C22H19ClN4O5/c1-13-10-15-11-17(6-7-18(15)32-13)24-20-25-21(30)26(9-8-19(28)29)22(31)27(20)12-14-2-4-16(23)5-3-14/h2-7,10-11H,8-9,12H2,1H3,(H,28,29)(H,24,25,30). The molecule has 164 valence electrons. The molecule has 4 aromatic rings. The van der Waals surface area contributed by atoms with E-state index in [0.29, 0.717) is 16.3 Å². The van der Waals surface area contributed by atoms with Gasteiger partial charge >= 0.3 is 17.3 Å². The van der Waals surface area contributed by atoms with E-state index in [4.69, 9.17) is 21.1 Å². The summed E-state index contributed by atoms with van der Waals surface area (Å²) in [6.45, 7) is 1.67. The lowest BCUT2D eigenvalue weighted by Crippen LogP contribution is -2.43. The summed E-state index contributed by atoms with van der Waals surface area (Å²) in [5, 5.41) is 13.4. The number of aliphatic carboxylic acids is 1. The van der Waals surface area contributed by atoms with E-state index >= 15 is 0 Å². The third-order valence-electron chi connectivity index (χ3n) is 4.85. The van der Waals surface area contributed by atoms with Crippen LogP contribution in [0.4, 0.5) is 11.6 Å². The predicted octanol–water partition coefficient (Wildman–Crippen LogP) is 3.38. The van der Waals surface area contributed by atoms with Crippen LogP contribution in [-0.2, 0) is 17.9 Å². The average molecular weight is 455 g/mol. The summed E-state index contributed by atoms with van der Waals surface area (Å²) >= 11 is 5.95. The van der Waals surface area contributed by atoms with Gasteiger partial charge in [0, 0.05) is 22.6 Å². The van der Waals surface area contributed by atoms with Crippen molar-refractivity contribution < 1.29 is 14.3 Å². The highest BCUT2D eigenvalue weighted by atomic mass is 35.5. The van der Waals surface area contributed by atoms with Gasteiger partial charge in [0.2, 0.25) is 5.95 Å². The van der Waals surface area contributed by atoms with Crippen molar-refractivity contribution in [3.63, 3.8) is 0 Å². The Morgan fingerprint density at radius 1 is 1.12 bits per heavy atom. The normalized spacial score (nSPS) is 11.1. The van der Waals surface area contributed by atoms with Crippen molar-refractivity contribution in [2.45, 2.75) is 26.4 Å². The molecule has 0 saturated carbocycles. The van der Waals surface area contributed by atoms with E-state index in [2.05, 4.69) is 10.3 Å². The van der Waals surface area contributed by atoms with Crippen LogP contribution in [-0.4, -0.2) is 25.2 Å². The lowest BCUT2D eigenvalue weighted by molar-refractivity contribution is -0.137. The number of anilines is 2. The number of furan rings is 1. The zero-order valence-electron chi connectivity index (χ0n) is 17.0. The van der Waals surface area contributed by atoms with E-state index in [1.807, 2.05) is 19.1 Å². The Morgan fingerprint density at radius 3 is 2.59 bits per heavy atom. The Bertz CT molecular complexity index is 1420. The molecular weight excluding hydrogens is 436 g/mol. The van der Waals surface area contributed by atoms with Gasteiger partial charge in [0.05, 0.1) is 13.0 Å². The second-order valence-corrected chi connectivity index (χ2v) is 7.68. The molecule has 0 aliphatic heterocycles. The van der Waals surface area contributed by atoms with Crippen LogP contribution in [0, 0.1) is 6.92 Å². The number of benzene rings is 2. The van der Waals surface area contributed by atoms with Gasteiger partial charge in [-0.05, 0) is 48.9 Å². The lowest BCUT2D eigenvalue weighted by Gasteiger charge is -2.15. The molecule has 0 spiro atoms. The van der Waals surface area contributed by atoms with E-state index in [1.165, 1.54) is 4.57 Å². The molecule has 0 amide bonds. The number of fused-ring (bicyclic) bond motifs is 1. The Kier molecular flexibility index (Phi) is 5.83. The largest absolute Gasteiger partial charge is 0.481 e. The molecule has 0 aliphatic rings. The maximum atomic E-state index is 13.1. The average Bonchev–Trinajstić information content (AvgIpc) is 3.11. The number of nitrogens with one attached hydrogen (secondary N) is 1. The first kappa shape index (κ1) is 21.4. The zero-order valence-corrected chi connectivity index (χ0v) is 17.8. The van der Waals surface area contributed by atoms with Gasteiger partial charge in [-0.25, -0.2) is 14.2 Å². The second-order valence-electron chi connectivity index (χ2n) is 7.24. The van der Waals surface area contributed by atoms with Crippen LogP contribution in [0.3, 0.4) is 0 Å². The second kappa shape index (κ2) is 8.72. The predicted molar refractivity (Wildman–Crippen MR) is 120 cm³/mol. The fraction of sp³-hybridized carbons (Fsp3) is 0.182. The molecule has 0 aliphatic carbocycles. The van der Waals surface area contributed by atoms with Crippen molar-refractivity contribution in [1.82, 2.24) is 14.1 Å². The van der Waals surface area contributed by atoms with Crippen molar-refractivity contribution in [2.24, 2.45) is 0 Å². The Morgan fingerprint density at radius 2 is 1.88 bits per heavy atom. The smallest absolute Gasteiger partial charge is 0.354 e. The first-order chi connectivity index (χ1) is 15.3. The van der Waals surface area contributed by atoms with E-state index in [9.17, 15) is 14.4 Å². The molecule has 0 fully saturated rings. The minimum atomic E-state index is -1.12. The molecule has 2 aromatic carbocycles. The summed E-state index contributed by atoms with van der Waals surface area (Å²) in [4.78, 5) is 40.6. The molecule has 10 heteroatoms. The quantitative estimate of drug-likeness (QED) is 0.439. The van der Waals surface area contributed by atoms with Gasteiger partial charge in [0.15, 0.2) is 0 Å². The molecule has 2 aromatic heterocycles. The molecule has 0 unspecified atom stereocenters. The van der Waals surface area contributed by atoms with Crippen molar-refractivity contribution in [3.8, 4) is 0 Å². The van der Waals surface area contributed by atoms with Gasteiger partial charge in [0.1, 0.15) is 11.3 Å². The molecule has 9 nitrogen and oxygen atoms in total. The molecule has 2 heterocycles. The van der Waals surface area contributed by atoms with Crippen LogP contribution in [0.25, 0.3) is 11.0 Å². The zero-order chi connectivity index (χ0) is 22.8. The van der Waals surface area contributed by atoms with Gasteiger partial charge in [0.25, 0.3) is 0 Å². The first-order valence-corrected chi connectivity index (χ1v) is 10.1. The molecule has 0 saturated heterocycles. The van der Waals surface area contributed by atoms with Gasteiger partial charge in [-0.1, -0.05) is 23.7 Å². The SMILES string of the molecule is Cc1cc2cc(Nc3nc(=O)n(CCC(=O)O)c(=O)n3Cc3ccc(Cl)cc3)ccc2o1. The number of nitrogens with zero attached hydrogens (tertiary/aromatic N) is 3. The molecule has 0 radical (unpaired) electrons. The van der Waals surface area contributed by atoms with Crippen LogP contribution < -0.4 is 16.7 Å². The highest BCUT2D eigenvalue weighted by Gasteiger charge is 2.15. The maximum absolute atomic E-state index is 13.1. The molecule has 32 heavy (non-hydrogen) atoms. The summed E-state index contributed by atoms with van der Waals surface area (Å²) in [5.74, 6) is -0.316. The van der Waals surface area contributed by atoms with E-state index < -0.39 is 17.3 Å².